The van der Waals surface area contributed by atoms with Crippen molar-refractivity contribution in [1.82, 2.24) is 9.97 Å². The van der Waals surface area contributed by atoms with E-state index in [9.17, 15) is 13.2 Å². The quantitative estimate of drug-likeness (QED) is 0.866. The molecule has 4 nitrogen and oxygen atoms in total. The summed E-state index contributed by atoms with van der Waals surface area (Å²) in [4.78, 5) is 10.5. The van der Waals surface area contributed by atoms with E-state index in [1.54, 1.807) is 6.07 Å². The van der Waals surface area contributed by atoms with E-state index in [1.165, 1.54) is 0 Å². The van der Waals surface area contributed by atoms with Gasteiger partial charge in [-0.2, -0.15) is 13.2 Å². The van der Waals surface area contributed by atoms with Crippen LogP contribution in [0, 0.1) is 5.92 Å². The maximum absolute atomic E-state index is 12.7. The van der Waals surface area contributed by atoms with Gasteiger partial charge in [0.05, 0.1) is 5.92 Å². The molecule has 21 heavy (non-hydrogen) atoms. The van der Waals surface area contributed by atoms with Crippen molar-refractivity contribution in [2.24, 2.45) is 5.92 Å². The van der Waals surface area contributed by atoms with Gasteiger partial charge in [0.25, 0.3) is 0 Å². The van der Waals surface area contributed by atoms with Gasteiger partial charge in [0.2, 0.25) is 0 Å². The highest BCUT2D eigenvalue weighted by Crippen LogP contribution is 2.35. The van der Waals surface area contributed by atoms with E-state index in [0.717, 1.165) is 0 Å². The molecule has 2 heterocycles. The second kappa shape index (κ2) is 5.35. The zero-order valence-electron chi connectivity index (χ0n) is 12.5. The molecular formula is C14H21F3N4. The lowest BCUT2D eigenvalue weighted by Gasteiger charge is -2.34. The van der Waals surface area contributed by atoms with Crippen molar-refractivity contribution in [1.29, 1.82) is 0 Å². The van der Waals surface area contributed by atoms with E-state index in [0.29, 0.717) is 30.5 Å². The van der Waals surface area contributed by atoms with E-state index in [1.807, 2.05) is 25.7 Å². The monoisotopic (exact) mass is 302 g/mol. The number of halogens is 3. The fourth-order valence-corrected chi connectivity index (χ4v) is 2.39. The molecule has 0 bridgehead atoms. The number of aromatic nitrogens is 2. The van der Waals surface area contributed by atoms with Crippen LogP contribution >= 0.6 is 0 Å². The molecule has 2 N–H and O–H groups in total. The average molecular weight is 302 g/mol. The van der Waals surface area contributed by atoms with Gasteiger partial charge in [0, 0.05) is 24.6 Å². The second-order valence-corrected chi connectivity index (χ2v) is 6.53. The summed E-state index contributed by atoms with van der Waals surface area (Å²) in [6.45, 7) is 6.60. The number of piperidine rings is 1. The lowest BCUT2D eigenvalue weighted by atomic mass is 9.95. The van der Waals surface area contributed by atoms with Crippen LogP contribution in [-0.2, 0) is 5.41 Å². The van der Waals surface area contributed by atoms with E-state index < -0.39 is 12.1 Å². The first-order valence-corrected chi connectivity index (χ1v) is 7.04. The van der Waals surface area contributed by atoms with Crippen LogP contribution in [0.1, 0.15) is 39.4 Å². The van der Waals surface area contributed by atoms with Crippen LogP contribution in [0.15, 0.2) is 6.07 Å². The molecule has 0 saturated carbocycles. The van der Waals surface area contributed by atoms with E-state index in [-0.39, 0.29) is 18.3 Å². The number of hydrogen-bond donors (Lipinski definition) is 1. The van der Waals surface area contributed by atoms with Crippen LogP contribution in [0.2, 0.25) is 0 Å². The van der Waals surface area contributed by atoms with Gasteiger partial charge in [-0.15, -0.1) is 0 Å². The molecule has 1 saturated heterocycles. The minimum absolute atomic E-state index is 0.0955. The van der Waals surface area contributed by atoms with Crippen LogP contribution in [0.3, 0.4) is 0 Å². The fourth-order valence-electron chi connectivity index (χ4n) is 2.39. The second-order valence-electron chi connectivity index (χ2n) is 6.53. The van der Waals surface area contributed by atoms with Gasteiger partial charge in [-0.3, -0.25) is 0 Å². The third-order valence-corrected chi connectivity index (χ3v) is 3.69. The van der Waals surface area contributed by atoms with Crippen molar-refractivity contribution in [2.45, 2.75) is 45.2 Å². The predicted molar refractivity (Wildman–Crippen MR) is 76.1 cm³/mol. The van der Waals surface area contributed by atoms with Crippen molar-refractivity contribution in [3.8, 4) is 0 Å². The Labute approximate surface area is 122 Å². The van der Waals surface area contributed by atoms with Gasteiger partial charge in [0.15, 0.2) is 0 Å². The molecule has 0 atom stereocenters. The molecule has 0 radical (unpaired) electrons. The maximum atomic E-state index is 12.7. The first-order chi connectivity index (χ1) is 9.57. The van der Waals surface area contributed by atoms with Crippen LogP contribution < -0.4 is 10.6 Å². The van der Waals surface area contributed by atoms with Crippen LogP contribution in [0.4, 0.5) is 24.8 Å². The van der Waals surface area contributed by atoms with Crippen molar-refractivity contribution in [2.75, 3.05) is 23.7 Å². The minimum atomic E-state index is -4.10. The Kier molecular flexibility index (Phi) is 4.04. The average Bonchev–Trinajstić information content (AvgIpc) is 2.36. The van der Waals surface area contributed by atoms with Gasteiger partial charge in [0.1, 0.15) is 17.5 Å². The Balaban J connectivity index is 2.16. The number of anilines is 2. The van der Waals surface area contributed by atoms with Gasteiger partial charge in [-0.25, -0.2) is 9.97 Å². The maximum Gasteiger partial charge on any atom is 0.391 e. The highest BCUT2D eigenvalue weighted by atomic mass is 19.4. The molecule has 0 amide bonds. The summed E-state index contributed by atoms with van der Waals surface area (Å²) in [5, 5.41) is 0. The molecule has 1 aromatic rings. The zero-order chi connectivity index (χ0) is 15.8. The Morgan fingerprint density at radius 2 is 1.71 bits per heavy atom. The number of nitrogens with two attached hydrogens (primary N) is 1. The van der Waals surface area contributed by atoms with E-state index >= 15 is 0 Å². The van der Waals surface area contributed by atoms with Crippen molar-refractivity contribution >= 4 is 11.6 Å². The number of nitrogen functional groups attached to an aromatic ring is 1. The molecule has 1 fully saturated rings. The van der Waals surface area contributed by atoms with Crippen molar-refractivity contribution in [3.63, 3.8) is 0 Å². The summed E-state index contributed by atoms with van der Waals surface area (Å²) in [7, 11) is 0. The van der Waals surface area contributed by atoms with Crippen LogP contribution in [0.25, 0.3) is 0 Å². The molecule has 1 aromatic heterocycles. The lowest BCUT2D eigenvalue weighted by molar-refractivity contribution is -0.179. The third kappa shape index (κ3) is 3.77. The minimum Gasteiger partial charge on any atom is -0.384 e. The normalized spacial score (nSPS) is 18.1. The molecule has 0 aliphatic carbocycles. The fraction of sp³-hybridized carbons (Fsp3) is 0.714. The standard InChI is InChI=1S/C14H21F3N4/c1-13(2,3)12-19-10(18)8-11(20-12)21-6-4-9(5-7-21)14(15,16)17/h8-9H,4-7H2,1-3H3,(H2,18,19,20). The first-order valence-electron chi connectivity index (χ1n) is 7.04. The SMILES string of the molecule is CC(C)(C)c1nc(N)cc(N2CCC(C(F)(F)F)CC2)n1. The number of nitrogens with zero attached hydrogens (tertiary/aromatic N) is 3. The van der Waals surface area contributed by atoms with Gasteiger partial charge < -0.3 is 10.6 Å². The Morgan fingerprint density at radius 1 is 1.14 bits per heavy atom. The molecule has 7 heteroatoms. The first kappa shape index (κ1) is 15.9. The number of rotatable bonds is 1. The van der Waals surface area contributed by atoms with E-state index in [4.69, 9.17) is 5.73 Å². The molecule has 1 aliphatic rings. The Bertz CT molecular complexity index is 500. The van der Waals surface area contributed by atoms with Gasteiger partial charge in [-0.1, -0.05) is 20.8 Å². The molecule has 1 aliphatic heterocycles. The molecule has 2 rings (SSSR count). The van der Waals surface area contributed by atoms with Crippen LogP contribution in [0.5, 0.6) is 0 Å². The molecular weight excluding hydrogens is 281 g/mol. The lowest BCUT2D eigenvalue weighted by Crippen LogP contribution is -2.39. The summed E-state index contributed by atoms with van der Waals surface area (Å²) >= 11 is 0. The summed E-state index contributed by atoms with van der Waals surface area (Å²) in [5.74, 6) is 0.362. The molecule has 118 valence electrons. The Hall–Kier alpha value is -1.53. The predicted octanol–water partition coefficient (Wildman–Crippen LogP) is 3.14. The van der Waals surface area contributed by atoms with Crippen molar-refractivity contribution in [3.05, 3.63) is 11.9 Å². The molecule has 0 unspecified atom stereocenters. The van der Waals surface area contributed by atoms with Crippen molar-refractivity contribution < 1.29 is 13.2 Å². The molecule has 0 aromatic carbocycles. The summed E-state index contributed by atoms with van der Waals surface area (Å²) in [6.07, 6.45) is -3.91. The van der Waals surface area contributed by atoms with Gasteiger partial charge >= 0.3 is 6.18 Å². The third-order valence-electron chi connectivity index (χ3n) is 3.69. The van der Waals surface area contributed by atoms with E-state index in [2.05, 4.69) is 9.97 Å². The highest BCUT2D eigenvalue weighted by Gasteiger charge is 2.41. The Morgan fingerprint density at radius 3 is 2.19 bits per heavy atom. The van der Waals surface area contributed by atoms with Crippen LogP contribution in [-0.4, -0.2) is 29.2 Å². The number of hydrogen-bond acceptors (Lipinski definition) is 4. The smallest absolute Gasteiger partial charge is 0.384 e. The largest absolute Gasteiger partial charge is 0.391 e. The molecule has 0 spiro atoms. The summed E-state index contributed by atoms with van der Waals surface area (Å²) in [5.41, 5.74) is 5.55. The summed E-state index contributed by atoms with van der Waals surface area (Å²) in [6, 6.07) is 1.63. The zero-order valence-corrected chi connectivity index (χ0v) is 12.5. The van der Waals surface area contributed by atoms with Gasteiger partial charge in [-0.05, 0) is 12.8 Å². The topological polar surface area (TPSA) is 55.0 Å². The highest BCUT2D eigenvalue weighted by molar-refractivity contribution is 5.48. The number of alkyl halides is 3. The summed E-state index contributed by atoms with van der Waals surface area (Å²) < 4.78 is 38.1.